The SMILES string of the molecule is CCCS(=O)(=O)OS(CC)(CC)CC(=O)c1ccccc1. The van der Waals surface area contributed by atoms with Gasteiger partial charge < -0.3 is 0 Å². The number of hydrogen-bond acceptors (Lipinski definition) is 4. The van der Waals surface area contributed by atoms with E-state index < -0.39 is 20.4 Å². The molecule has 0 aliphatic rings. The molecular formula is C15H24O4S2. The normalized spacial score (nSPS) is 13.1. The molecule has 1 rings (SSSR count). The average molecular weight is 332 g/mol. The van der Waals surface area contributed by atoms with E-state index in [-0.39, 0.29) is 17.3 Å². The maximum Gasteiger partial charge on any atom is 0.276 e. The Morgan fingerprint density at radius 2 is 1.62 bits per heavy atom. The molecule has 0 atom stereocenters. The van der Waals surface area contributed by atoms with Crippen molar-refractivity contribution in [2.45, 2.75) is 27.2 Å². The van der Waals surface area contributed by atoms with Crippen LogP contribution in [0.25, 0.3) is 0 Å². The fourth-order valence-corrected chi connectivity index (χ4v) is 6.93. The van der Waals surface area contributed by atoms with E-state index in [4.69, 9.17) is 3.63 Å². The van der Waals surface area contributed by atoms with E-state index in [1.807, 2.05) is 19.9 Å². The molecule has 0 bridgehead atoms. The van der Waals surface area contributed by atoms with Gasteiger partial charge in [0, 0.05) is 5.56 Å². The summed E-state index contributed by atoms with van der Waals surface area (Å²) < 4.78 is 29.4. The van der Waals surface area contributed by atoms with Crippen molar-refractivity contribution in [3.63, 3.8) is 0 Å². The molecule has 0 saturated heterocycles. The number of carbonyl (C=O) groups is 1. The van der Waals surface area contributed by atoms with Gasteiger partial charge in [0.1, 0.15) is 0 Å². The summed E-state index contributed by atoms with van der Waals surface area (Å²) in [6.45, 7) is 5.57. The van der Waals surface area contributed by atoms with Crippen LogP contribution in [0.2, 0.25) is 0 Å². The third-order valence-electron chi connectivity index (χ3n) is 3.24. The van der Waals surface area contributed by atoms with Crippen LogP contribution in [-0.4, -0.2) is 37.2 Å². The van der Waals surface area contributed by atoms with Gasteiger partial charge in [-0.25, -0.2) is 3.63 Å². The van der Waals surface area contributed by atoms with Crippen molar-refractivity contribution in [3.05, 3.63) is 35.9 Å². The molecule has 4 nitrogen and oxygen atoms in total. The maximum absolute atomic E-state index is 12.4. The van der Waals surface area contributed by atoms with Gasteiger partial charge in [-0.1, -0.05) is 51.1 Å². The second kappa shape index (κ2) is 7.96. The number of Topliss-reactive ketones (excluding diaryl/α,β-unsaturated/α-hetero) is 1. The molecule has 0 saturated carbocycles. The predicted octanol–water partition coefficient (Wildman–Crippen LogP) is 3.39. The molecule has 0 aliphatic carbocycles. The standard InChI is InChI=1S/C15H24O4S2/c1-4-12-21(17,18)19-20(5-2,6-3)13-15(16)14-10-8-7-9-11-14/h7-11H,4-6,12-13H2,1-3H3. The summed E-state index contributed by atoms with van der Waals surface area (Å²) in [5.41, 5.74) is 0.604. The molecule has 1 aromatic rings. The Labute approximate surface area is 129 Å². The molecule has 0 unspecified atom stereocenters. The van der Waals surface area contributed by atoms with Crippen molar-refractivity contribution in [2.75, 3.05) is 23.0 Å². The van der Waals surface area contributed by atoms with Gasteiger partial charge in [0.25, 0.3) is 10.1 Å². The predicted molar refractivity (Wildman–Crippen MR) is 89.5 cm³/mol. The van der Waals surface area contributed by atoms with Crippen LogP contribution in [0.15, 0.2) is 30.3 Å². The van der Waals surface area contributed by atoms with Crippen molar-refractivity contribution in [1.29, 1.82) is 0 Å². The number of carbonyl (C=O) groups excluding carboxylic acids is 1. The van der Waals surface area contributed by atoms with Crippen molar-refractivity contribution in [3.8, 4) is 0 Å². The molecule has 0 radical (unpaired) electrons. The van der Waals surface area contributed by atoms with Gasteiger partial charge in [-0.15, -0.1) is 10.3 Å². The maximum atomic E-state index is 12.4. The van der Waals surface area contributed by atoms with Crippen LogP contribution < -0.4 is 0 Å². The minimum atomic E-state index is -3.56. The highest BCUT2D eigenvalue weighted by atomic mass is 32.3. The van der Waals surface area contributed by atoms with Gasteiger partial charge in [-0.2, -0.15) is 8.42 Å². The van der Waals surface area contributed by atoms with Gasteiger partial charge in [-0.05, 0) is 17.9 Å². The van der Waals surface area contributed by atoms with Crippen LogP contribution in [0.5, 0.6) is 0 Å². The lowest BCUT2D eigenvalue weighted by atomic mass is 10.2. The molecule has 0 fully saturated rings. The molecule has 0 amide bonds. The molecule has 0 heterocycles. The van der Waals surface area contributed by atoms with E-state index in [0.717, 1.165) is 0 Å². The first-order valence-electron chi connectivity index (χ1n) is 7.16. The van der Waals surface area contributed by atoms with Gasteiger partial charge in [-0.3, -0.25) is 4.79 Å². The number of benzene rings is 1. The van der Waals surface area contributed by atoms with E-state index in [1.165, 1.54) is 0 Å². The summed E-state index contributed by atoms with van der Waals surface area (Å²) in [4.78, 5) is 12.4. The number of hydrogen-bond donors (Lipinski definition) is 0. The Morgan fingerprint density at radius 1 is 1.05 bits per heavy atom. The van der Waals surface area contributed by atoms with Crippen LogP contribution in [-0.2, 0) is 13.7 Å². The highest BCUT2D eigenvalue weighted by molar-refractivity contribution is 8.33. The average Bonchev–Trinajstić information content (AvgIpc) is 2.47. The second-order valence-electron chi connectivity index (χ2n) is 4.81. The largest absolute Gasteiger partial charge is 0.293 e. The Kier molecular flexibility index (Phi) is 6.90. The van der Waals surface area contributed by atoms with Gasteiger partial charge in [0.05, 0.1) is 11.5 Å². The van der Waals surface area contributed by atoms with Crippen molar-refractivity contribution < 1.29 is 16.8 Å². The fraction of sp³-hybridized carbons (Fsp3) is 0.533. The molecule has 0 spiro atoms. The first kappa shape index (κ1) is 18.2. The Hall–Kier alpha value is -0.850. The number of ketones is 1. The zero-order chi connectivity index (χ0) is 15.9. The minimum absolute atomic E-state index is 0.00127. The van der Waals surface area contributed by atoms with Crippen LogP contribution in [0, 0.1) is 0 Å². The van der Waals surface area contributed by atoms with Crippen molar-refractivity contribution >= 4 is 26.2 Å². The van der Waals surface area contributed by atoms with Crippen LogP contribution >= 0.6 is 10.3 Å². The van der Waals surface area contributed by atoms with Gasteiger partial charge in [0.15, 0.2) is 5.78 Å². The lowest BCUT2D eigenvalue weighted by molar-refractivity contribution is 0.102. The van der Waals surface area contributed by atoms with E-state index in [0.29, 0.717) is 23.5 Å². The smallest absolute Gasteiger partial charge is 0.276 e. The second-order valence-corrected chi connectivity index (χ2v) is 10.2. The number of rotatable bonds is 9. The Morgan fingerprint density at radius 3 is 2.10 bits per heavy atom. The fourth-order valence-electron chi connectivity index (χ4n) is 1.98. The molecule has 21 heavy (non-hydrogen) atoms. The van der Waals surface area contributed by atoms with Crippen molar-refractivity contribution in [1.82, 2.24) is 0 Å². The van der Waals surface area contributed by atoms with E-state index in [9.17, 15) is 13.2 Å². The van der Waals surface area contributed by atoms with E-state index in [2.05, 4.69) is 0 Å². The molecule has 0 N–H and O–H groups in total. The molecule has 6 heteroatoms. The zero-order valence-corrected chi connectivity index (χ0v) is 14.5. The van der Waals surface area contributed by atoms with E-state index >= 15 is 0 Å². The first-order chi connectivity index (χ1) is 9.88. The van der Waals surface area contributed by atoms with E-state index in [1.54, 1.807) is 31.2 Å². The van der Waals surface area contributed by atoms with Crippen LogP contribution in [0.3, 0.4) is 0 Å². The lowest BCUT2D eigenvalue weighted by Crippen LogP contribution is -2.24. The third-order valence-corrected chi connectivity index (χ3v) is 9.03. The molecule has 120 valence electrons. The summed E-state index contributed by atoms with van der Waals surface area (Å²) in [7, 11) is -5.49. The highest BCUT2D eigenvalue weighted by Gasteiger charge is 2.30. The lowest BCUT2D eigenvalue weighted by Gasteiger charge is -2.35. The quantitative estimate of drug-likeness (QED) is 0.650. The van der Waals surface area contributed by atoms with Crippen LogP contribution in [0.1, 0.15) is 37.6 Å². The summed E-state index contributed by atoms with van der Waals surface area (Å²) in [5, 5.41) is 0. The first-order valence-corrected chi connectivity index (χ1v) is 10.8. The van der Waals surface area contributed by atoms with Gasteiger partial charge in [0.2, 0.25) is 0 Å². The summed E-state index contributed by atoms with van der Waals surface area (Å²) in [6.07, 6.45) is 0.512. The monoisotopic (exact) mass is 332 g/mol. The highest BCUT2D eigenvalue weighted by Crippen LogP contribution is 2.50. The Bertz CT molecular complexity index is 548. The van der Waals surface area contributed by atoms with Gasteiger partial charge >= 0.3 is 0 Å². The van der Waals surface area contributed by atoms with Crippen LogP contribution in [0.4, 0.5) is 0 Å². The molecular weight excluding hydrogens is 308 g/mol. The minimum Gasteiger partial charge on any atom is -0.293 e. The summed E-state index contributed by atoms with van der Waals surface area (Å²) >= 11 is 0. The summed E-state index contributed by atoms with van der Waals surface area (Å²) in [5.74, 6) is 1.23. The zero-order valence-electron chi connectivity index (χ0n) is 12.9. The van der Waals surface area contributed by atoms with Crippen molar-refractivity contribution in [2.24, 2.45) is 0 Å². The Balaban J connectivity index is 2.93. The third kappa shape index (κ3) is 5.45. The summed E-state index contributed by atoms with van der Waals surface area (Å²) in [6, 6.07) is 8.95. The molecule has 1 aromatic carbocycles. The molecule has 0 aromatic heterocycles. The molecule has 0 aliphatic heterocycles. The topological polar surface area (TPSA) is 60.4 Å².